The lowest BCUT2D eigenvalue weighted by Gasteiger charge is -2.28. The van der Waals surface area contributed by atoms with Crippen LogP contribution < -0.4 is 10.1 Å². The van der Waals surface area contributed by atoms with Crippen LogP contribution in [0.25, 0.3) is 27.7 Å². The van der Waals surface area contributed by atoms with Crippen molar-refractivity contribution in [3.63, 3.8) is 0 Å². The molecule has 4 aromatic rings. The topological polar surface area (TPSA) is 110 Å². The minimum absolute atomic E-state index is 0.158. The molecule has 0 saturated carbocycles. The normalized spacial score (nSPS) is 19.9. The fraction of sp³-hybridized carbons (Fsp3) is 0.316. The van der Waals surface area contributed by atoms with Gasteiger partial charge in [0.2, 0.25) is 11.8 Å². The van der Waals surface area contributed by atoms with Crippen LogP contribution in [0, 0.1) is 0 Å². The number of rotatable bonds is 4. The first kappa shape index (κ1) is 17.0. The van der Waals surface area contributed by atoms with Crippen LogP contribution in [-0.2, 0) is 4.74 Å². The number of fused-ring (bicyclic) bond motifs is 2. The highest BCUT2D eigenvalue weighted by molar-refractivity contribution is 5.98. The molecule has 9 nitrogen and oxygen atoms in total. The van der Waals surface area contributed by atoms with Crippen molar-refractivity contribution in [3.05, 3.63) is 36.8 Å². The fourth-order valence-electron chi connectivity index (χ4n) is 3.59. The van der Waals surface area contributed by atoms with Crippen molar-refractivity contribution in [1.29, 1.82) is 0 Å². The molecule has 1 aliphatic heterocycles. The first-order chi connectivity index (χ1) is 13.7. The Morgan fingerprint density at radius 1 is 1.36 bits per heavy atom. The number of nitrogens with zero attached hydrogens (tertiary/aromatic N) is 4. The van der Waals surface area contributed by atoms with Gasteiger partial charge in [-0.3, -0.25) is 0 Å². The van der Waals surface area contributed by atoms with E-state index < -0.39 is 6.10 Å². The third-order valence-electron chi connectivity index (χ3n) is 5.04. The molecule has 144 valence electrons. The zero-order valence-electron chi connectivity index (χ0n) is 15.3. The average molecular weight is 380 g/mol. The molecule has 0 radical (unpaired) electrons. The van der Waals surface area contributed by atoms with Crippen molar-refractivity contribution < 1.29 is 14.6 Å². The fourth-order valence-corrected chi connectivity index (χ4v) is 3.59. The van der Waals surface area contributed by atoms with Gasteiger partial charge in [-0.1, -0.05) is 0 Å². The summed E-state index contributed by atoms with van der Waals surface area (Å²) in [6, 6.07) is 5.84. The van der Waals surface area contributed by atoms with E-state index in [1.807, 2.05) is 29.0 Å². The van der Waals surface area contributed by atoms with Crippen molar-refractivity contribution in [3.8, 4) is 17.0 Å². The Bertz CT molecular complexity index is 1140. The summed E-state index contributed by atoms with van der Waals surface area (Å²) in [6.07, 6.45) is 5.67. The first-order valence-electron chi connectivity index (χ1n) is 9.12. The van der Waals surface area contributed by atoms with Crippen LogP contribution in [-0.4, -0.2) is 62.1 Å². The van der Waals surface area contributed by atoms with Gasteiger partial charge in [-0.15, -0.1) is 0 Å². The summed E-state index contributed by atoms with van der Waals surface area (Å²) in [5, 5.41) is 18.3. The Labute approximate surface area is 160 Å². The number of aliphatic hydroxyl groups is 1. The predicted octanol–water partition coefficient (Wildman–Crippen LogP) is 1.84. The van der Waals surface area contributed by atoms with Crippen LogP contribution in [0.3, 0.4) is 0 Å². The molecule has 0 aliphatic carbocycles. The van der Waals surface area contributed by atoms with Crippen molar-refractivity contribution in [2.45, 2.75) is 18.6 Å². The second kappa shape index (κ2) is 6.77. The van der Waals surface area contributed by atoms with Gasteiger partial charge in [-0.2, -0.15) is 15.1 Å². The molecule has 5 heterocycles. The SMILES string of the molecule is COc1nc(N[C@@H]2CCOC[C@H]2O)nc2[nH]cc(-c3ccn4nccc4c3)c12. The van der Waals surface area contributed by atoms with Crippen LogP contribution in [0.4, 0.5) is 5.95 Å². The Hall–Kier alpha value is -3.17. The summed E-state index contributed by atoms with van der Waals surface area (Å²) in [5.41, 5.74) is 3.63. The third-order valence-corrected chi connectivity index (χ3v) is 5.04. The monoisotopic (exact) mass is 380 g/mol. The molecule has 0 aromatic carbocycles. The Kier molecular flexibility index (Phi) is 4.10. The van der Waals surface area contributed by atoms with E-state index in [-0.39, 0.29) is 6.04 Å². The second-order valence-corrected chi connectivity index (χ2v) is 6.78. The highest BCUT2D eigenvalue weighted by Crippen LogP contribution is 2.34. The molecule has 9 heteroatoms. The molecule has 4 aromatic heterocycles. The second-order valence-electron chi connectivity index (χ2n) is 6.78. The molecule has 0 spiro atoms. The van der Waals surface area contributed by atoms with Crippen LogP contribution >= 0.6 is 0 Å². The van der Waals surface area contributed by atoms with E-state index in [0.717, 1.165) is 22.0 Å². The molecular formula is C19H20N6O3. The van der Waals surface area contributed by atoms with Gasteiger partial charge in [0.05, 0.1) is 36.8 Å². The number of methoxy groups -OCH3 is 1. The molecule has 0 amide bonds. The van der Waals surface area contributed by atoms with Gasteiger partial charge in [-0.05, 0) is 30.2 Å². The van der Waals surface area contributed by atoms with Gasteiger partial charge in [0.15, 0.2) is 0 Å². The number of ether oxygens (including phenoxy) is 2. The standard InChI is InChI=1S/C19H20N6O3/c1-27-18-16-13(11-3-6-25-12(8-11)2-5-21-25)9-20-17(16)23-19(24-18)22-14-4-7-28-10-15(14)26/h2-3,5-6,8-9,14-15,26H,4,7,10H2,1H3,(H2,20,22,23,24)/t14-,15-/m1/s1. The smallest absolute Gasteiger partial charge is 0.228 e. The minimum atomic E-state index is -0.597. The molecule has 1 fully saturated rings. The number of aromatic nitrogens is 5. The van der Waals surface area contributed by atoms with E-state index in [2.05, 4.69) is 31.4 Å². The molecule has 0 unspecified atom stereocenters. The van der Waals surface area contributed by atoms with Gasteiger partial charge in [0.1, 0.15) is 5.65 Å². The highest BCUT2D eigenvalue weighted by atomic mass is 16.5. The number of hydrogen-bond acceptors (Lipinski definition) is 7. The summed E-state index contributed by atoms with van der Waals surface area (Å²) in [5.74, 6) is 0.883. The number of hydrogen-bond donors (Lipinski definition) is 3. The number of H-pyrrole nitrogens is 1. The molecule has 3 N–H and O–H groups in total. The summed E-state index contributed by atoms with van der Waals surface area (Å²) in [6.45, 7) is 0.901. The minimum Gasteiger partial charge on any atom is -0.480 e. The number of aromatic amines is 1. The number of nitrogens with one attached hydrogen (secondary N) is 2. The highest BCUT2D eigenvalue weighted by Gasteiger charge is 2.25. The predicted molar refractivity (Wildman–Crippen MR) is 103 cm³/mol. The van der Waals surface area contributed by atoms with Crippen LogP contribution in [0.1, 0.15) is 6.42 Å². The zero-order valence-corrected chi connectivity index (χ0v) is 15.3. The average Bonchev–Trinajstić information content (AvgIpc) is 3.35. The number of aliphatic hydroxyl groups excluding tert-OH is 1. The lowest BCUT2D eigenvalue weighted by molar-refractivity contribution is -0.0136. The quantitative estimate of drug-likeness (QED) is 0.496. The third kappa shape index (κ3) is 2.85. The van der Waals surface area contributed by atoms with Gasteiger partial charge in [0.25, 0.3) is 0 Å². The molecule has 2 atom stereocenters. The summed E-state index contributed by atoms with van der Waals surface area (Å²) in [7, 11) is 1.59. The summed E-state index contributed by atoms with van der Waals surface area (Å²) in [4.78, 5) is 12.3. The zero-order chi connectivity index (χ0) is 19.1. The van der Waals surface area contributed by atoms with Gasteiger partial charge in [-0.25, -0.2) is 4.52 Å². The van der Waals surface area contributed by atoms with Gasteiger partial charge in [0, 0.05) is 30.8 Å². The Balaban J connectivity index is 1.55. The van der Waals surface area contributed by atoms with E-state index >= 15 is 0 Å². The Morgan fingerprint density at radius 3 is 3.14 bits per heavy atom. The van der Waals surface area contributed by atoms with E-state index in [1.54, 1.807) is 13.3 Å². The van der Waals surface area contributed by atoms with Crippen LogP contribution in [0.5, 0.6) is 5.88 Å². The number of anilines is 1. The van der Waals surface area contributed by atoms with E-state index in [4.69, 9.17) is 9.47 Å². The van der Waals surface area contributed by atoms with Crippen LogP contribution in [0.15, 0.2) is 36.8 Å². The van der Waals surface area contributed by atoms with Crippen molar-refractivity contribution in [1.82, 2.24) is 24.6 Å². The van der Waals surface area contributed by atoms with Crippen molar-refractivity contribution in [2.24, 2.45) is 0 Å². The molecule has 28 heavy (non-hydrogen) atoms. The molecular weight excluding hydrogens is 360 g/mol. The maximum absolute atomic E-state index is 10.1. The van der Waals surface area contributed by atoms with Crippen molar-refractivity contribution >= 4 is 22.5 Å². The largest absolute Gasteiger partial charge is 0.480 e. The molecule has 1 aliphatic rings. The van der Waals surface area contributed by atoms with Crippen molar-refractivity contribution in [2.75, 3.05) is 25.6 Å². The first-order valence-corrected chi connectivity index (χ1v) is 9.12. The van der Waals surface area contributed by atoms with E-state index in [9.17, 15) is 5.11 Å². The Morgan fingerprint density at radius 2 is 2.29 bits per heavy atom. The number of pyridine rings is 1. The summed E-state index contributed by atoms with van der Waals surface area (Å²) < 4.78 is 12.6. The van der Waals surface area contributed by atoms with E-state index in [1.165, 1.54) is 0 Å². The maximum atomic E-state index is 10.1. The van der Waals surface area contributed by atoms with Crippen LogP contribution in [0.2, 0.25) is 0 Å². The molecule has 0 bridgehead atoms. The molecule has 1 saturated heterocycles. The summed E-state index contributed by atoms with van der Waals surface area (Å²) >= 11 is 0. The van der Waals surface area contributed by atoms with Gasteiger partial charge >= 0.3 is 0 Å². The lowest BCUT2D eigenvalue weighted by Crippen LogP contribution is -2.42. The molecule has 5 rings (SSSR count). The maximum Gasteiger partial charge on any atom is 0.228 e. The van der Waals surface area contributed by atoms with E-state index in [0.29, 0.717) is 37.1 Å². The lowest BCUT2D eigenvalue weighted by atomic mass is 10.1. The van der Waals surface area contributed by atoms with Gasteiger partial charge < -0.3 is 24.9 Å².